The summed E-state index contributed by atoms with van der Waals surface area (Å²) < 4.78 is 0.513. The molecule has 146 valence electrons. The molecule has 2 aromatic heterocycles. The molecule has 4 heterocycles. The number of aromatic nitrogens is 1. The van der Waals surface area contributed by atoms with Gasteiger partial charge in [0.05, 0.1) is 10.4 Å². The van der Waals surface area contributed by atoms with Gasteiger partial charge in [-0.2, -0.15) is 0 Å². The predicted molar refractivity (Wildman–Crippen MR) is 126 cm³/mol. The van der Waals surface area contributed by atoms with Gasteiger partial charge in [0.2, 0.25) is 0 Å². The van der Waals surface area contributed by atoms with Crippen LogP contribution in [0.15, 0.2) is 46.8 Å². The zero-order valence-electron chi connectivity index (χ0n) is 15.5. The molecule has 0 spiro atoms. The lowest BCUT2D eigenvalue weighted by Crippen LogP contribution is -2.43. The van der Waals surface area contributed by atoms with Crippen LogP contribution in [0.2, 0.25) is 0 Å². The van der Waals surface area contributed by atoms with Gasteiger partial charge in [-0.3, -0.25) is 9.78 Å². The van der Waals surface area contributed by atoms with Gasteiger partial charge < -0.3 is 15.5 Å². The van der Waals surface area contributed by atoms with E-state index in [0.29, 0.717) is 9.23 Å². The van der Waals surface area contributed by atoms with Crippen LogP contribution in [0, 0.1) is 0 Å². The van der Waals surface area contributed by atoms with Crippen LogP contribution in [0.4, 0.5) is 5.69 Å². The molecule has 0 atom stereocenters. The number of amides is 1. The summed E-state index contributed by atoms with van der Waals surface area (Å²) in [5.41, 5.74) is 4.51. The van der Waals surface area contributed by atoms with E-state index < -0.39 is 0 Å². The number of hydrogen-bond acceptors (Lipinski definition) is 7. The number of hydrogen-bond donors (Lipinski definition) is 2. The number of thiophene rings is 1. The third-order valence-corrected chi connectivity index (χ3v) is 7.09. The van der Waals surface area contributed by atoms with Crippen molar-refractivity contribution in [2.75, 3.05) is 31.1 Å². The molecule has 5 nitrogen and oxygen atoms in total. The first-order valence-electron chi connectivity index (χ1n) is 9.35. The quantitative estimate of drug-likeness (QED) is 0.478. The normalized spacial score (nSPS) is 18.6. The first-order valence-corrected chi connectivity index (χ1v) is 11.5. The van der Waals surface area contributed by atoms with Crippen LogP contribution in [0.1, 0.15) is 4.88 Å². The standard InChI is InChI=1S/C21H18N4OS3/c26-20-19(29-21(27)24-20)11-15-9-14(12-28-15)13-1-2-16-17(10-13)23-4-3-18(16)25-7-5-22-6-8-25/h1-4,9-12,22H,5-8H2,(H,24,26,27)/b19-11-. The number of benzene rings is 1. The maximum Gasteiger partial charge on any atom is 0.263 e. The molecule has 0 bridgehead atoms. The van der Waals surface area contributed by atoms with Crippen molar-refractivity contribution in [3.8, 4) is 11.1 Å². The molecule has 2 N–H and O–H groups in total. The zero-order valence-corrected chi connectivity index (χ0v) is 17.9. The van der Waals surface area contributed by atoms with Gasteiger partial charge in [0, 0.05) is 48.3 Å². The molecule has 0 aliphatic carbocycles. The molecule has 5 rings (SSSR count). The third kappa shape index (κ3) is 3.81. The van der Waals surface area contributed by atoms with Gasteiger partial charge >= 0.3 is 0 Å². The lowest BCUT2D eigenvalue weighted by atomic mass is 10.0. The molecule has 2 saturated heterocycles. The van der Waals surface area contributed by atoms with Gasteiger partial charge in [-0.25, -0.2) is 0 Å². The Balaban J connectivity index is 1.46. The van der Waals surface area contributed by atoms with Crippen molar-refractivity contribution in [3.05, 3.63) is 51.7 Å². The Morgan fingerprint density at radius 3 is 2.79 bits per heavy atom. The fourth-order valence-electron chi connectivity index (χ4n) is 3.62. The van der Waals surface area contributed by atoms with Crippen molar-refractivity contribution in [2.45, 2.75) is 0 Å². The van der Waals surface area contributed by atoms with Crippen LogP contribution in [0.3, 0.4) is 0 Å². The second kappa shape index (κ2) is 7.87. The van der Waals surface area contributed by atoms with E-state index in [4.69, 9.17) is 12.2 Å². The average molecular weight is 439 g/mol. The summed E-state index contributed by atoms with van der Waals surface area (Å²) in [6, 6.07) is 10.7. The highest BCUT2D eigenvalue weighted by Crippen LogP contribution is 2.33. The molecular weight excluding hydrogens is 420 g/mol. The first-order chi connectivity index (χ1) is 14.2. The van der Waals surface area contributed by atoms with Gasteiger partial charge in [-0.05, 0) is 40.8 Å². The minimum absolute atomic E-state index is 0.120. The molecular formula is C21H18N4OS3. The Labute approximate surface area is 182 Å². The van der Waals surface area contributed by atoms with Gasteiger partial charge in [-0.15, -0.1) is 11.3 Å². The SMILES string of the molecule is O=C1NC(=S)S/C1=C\c1cc(-c2ccc3c(N4CCNCC4)ccnc3c2)cs1. The molecule has 1 aromatic carbocycles. The molecule has 3 aromatic rings. The minimum atomic E-state index is -0.120. The average Bonchev–Trinajstić information content (AvgIpc) is 3.34. The topological polar surface area (TPSA) is 57.3 Å². The van der Waals surface area contributed by atoms with E-state index in [1.165, 1.54) is 22.8 Å². The summed E-state index contributed by atoms with van der Waals surface area (Å²) >= 11 is 7.98. The maximum absolute atomic E-state index is 11.9. The van der Waals surface area contributed by atoms with Crippen molar-refractivity contribution < 1.29 is 4.79 Å². The predicted octanol–water partition coefficient (Wildman–Crippen LogP) is 3.86. The van der Waals surface area contributed by atoms with E-state index in [1.807, 2.05) is 12.3 Å². The van der Waals surface area contributed by atoms with Crippen molar-refractivity contribution in [2.24, 2.45) is 0 Å². The number of carbonyl (C=O) groups is 1. The van der Waals surface area contributed by atoms with Gasteiger partial charge in [0.1, 0.15) is 4.32 Å². The molecule has 0 saturated carbocycles. The molecule has 29 heavy (non-hydrogen) atoms. The van der Waals surface area contributed by atoms with E-state index in [2.05, 4.69) is 56.2 Å². The van der Waals surface area contributed by atoms with Crippen molar-refractivity contribution in [1.82, 2.24) is 15.6 Å². The number of nitrogens with zero attached hydrogens (tertiary/aromatic N) is 2. The van der Waals surface area contributed by atoms with E-state index in [0.717, 1.165) is 47.7 Å². The lowest BCUT2D eigenvalue weighted by Gasteiger charge is -2.30. The molecule has 2 aliphatic heterocycles. The van der Waals surface area contributed by atoms with Gasteiger partial charge in [0.25, 0.3) is 5.91 Å². The summed E-state index contributed by atoms with van der Waals surface area (Å²) in [5, 5.41) is 9.35. The summed E-state index contributed by atoms with van der Waals surface area (Å²) in [4.78, 5) is 20.6. The summed E-state index contributed by atoms with van der Waals surface area (Å²) in [7, 11) is 0. The van der Waals surface area contributed by atoms with Crippen molar-refractivity contribution in [3.63, 3.8) is 0 Å². The number of nitrogens with one attached hydrogen (secondary N) is 2. The van der Waals surface area contributed by atoms with E-state index >= 15 is 0 Å². The summed E-state index contributed by atoms with van der Waals surface area (Å²) in [6.45, 7) is 4.04. The Morgan fingerprint density at radius 1 is 1.14 bits per heavy atom. The van der Waals surface area contributed by atoms with Gasteiger partial charge in [0.15, 0.2) is 0 Å². The minimum Gasteiger partial charge on any atom is -0.368 e. The second-order valence-corrected chi connectivity index (χ2v) is 9.55. The van der Waals surface area contributed by atoms with Crippen molar-refractivity contribution in [1.29, 1.82) is 0 Å². The van der Waals surface area contributed by atoms with Crippen LogP contribution in [-0.4, -0.2) is 41.4 Å². The van der Waals surface area contributed by atoms with Crippen molar-refractivity contribution >= 4 is 68.2 Å². The summed E-state index contributed by atoms with van der Waals surface area (Å²) in [5.74, 6) is -0.120. The molecule has 1 amide bonds. The molecule has 2 aliphatic rings. The van der Waals surface area contributed by atoms with Crippen LogP contribution in [0.5, 0.6) is 0 Å². The highest BCUT2D eigenvalue weighted by molar-refractivity contribution is 8.26. The number of anilines is 1. The number of pyridine rings is 1. The smallest absolute Gasteiger partial charge is 0.263 e. The van der Waals surface area contributed by atoms with Gasteiger partial charge in [-0.1, -0.05) is 36.1 Å². The largest absolute Gasteiger partial charge is 0.368 e. The third-order valence-electron chi connectivity index (χ3n) is 5.05. The first kappa shape index (κ1) is 18.7. The Morgan fingerprint density at radius 2 is 2.00 bits per heavy atom. The van der Waals surface area contributed by atoms with Crippen LogP contribution in [-0.2, 0) is 4.79 Å². The number of rotatable bonds is 3. The number of thiocarbonyl (C=S) groups is 1. The maximum atomic E-state index is 11.9. The van der Waals surface area contributed by atoms with Crippen LogP contribution >= 0.6 is 35.3 Å². The Bertz CT molecular complexity index is 1150. The second-order valence-electron chi connectivity index (χ2n) is 6.89. The van der Waals surface area contributed by atoms with Crippen LogP contribution < -0.4 is 15.5 Å². The number of piperazine rings is 1. The lowest BCUT2D eigenvalue weighted by molar-refractivity contribution is -0.115. The monoisotopic (exact) mass is 438 g/mol. The number of thioether (sulfide) groups is 1. The molecule has 8 heteroatoms. The van der Waals surface area contributed by atoms with E-state index in [9.17, 15) is 4.79 Å². The highest BCUT2D eigenvalue weighted by atomic mass is 32.2. The fourth-order valence-corrected chi connectivity index (χ4v) is 5.58. The summed E-state index contributed by atoms with van der Waals surface area (Å²) in [6.07, 6.45) is 3.79. The molecule has 2 fully saturated rings. The zero-order chi connectivity index (χ0) is 19.8. The fraction of sp³-hybridized carbons (Fsp3) is 0.190. The molecule has 0 radical (unpaired) electrons. The Hall–Kier alpha value is -2.26. The number of fused-ring (bicyclic) bond motifs is 1. The van der Waals surface area contributed by atoms with Crippen LogP contribution in [0.25, 0.3) is 28.1 Å². The van der Waals surface area contributed by atoms with E-state index in [-0.39, 0.29) is 5.91 Å². The van der Waals surface area contributed by atoms with E-state index in [1.54, 1.807) is 11.3 Å². The number of carbonyl (C=O) groups excluding carboxylic acids is 1. The Kier molecular flexibility index (Phi) is 5.09. The molecule has 0 unspecified atom stereocenters. The highest BCUT2D eigenvalue weighted by Gasteiger charge is 2.22.